The quantitative estimate of drug-likeness (QED) is 0.149. The fourth-order valence-electron chi connectivity index (χ4n) is 4.47. The Hall–Kier alpha value is -3.59. The number of hydrogen-bond donors (Lipinski definition) is 3. The van der Waals surface area contributed by atoms with Crippen LogP contribution < -0.4 is 10.2 Å². The summed E-state index contributed by atoms with van der Waals surface area (Å²) >= 11 is 0. The van der Waals surface area contributed by atoms with E-state index in [-0.39, 0.29) is 17.2 Å². The van der Waals surface area contributed by atoms with E-state index in [0.717, 1.165) is 53.9 Å². The Morgan fingerprint density at radius 3 is 2.19 bits per heavy atom. The highest BCUT2D eigenvalue weighted by atomic mass is 19.1. The van der Waals surface area contributed by atoms with Gasteiger partial charge in [-0.3, -0.25) is 10.1 Å². The van der Waals surface area contributed by atoms with Crippen molar-refractivity contribution in [3.63, 3.8) is 0 Å². The van der Waals surface area contributed by atoms with Gasteiger partial charge >= 0.3 is 0 Å². The van der Waals surface area contributed by atoms with Crippen LogP contribution in [0.15, 0.2) is 62.5 Å². The average molecular weight is 583 g/mol. The van der Waals surface area contributed by atoms with Gasteiger partial charge in [0.1, 0.15) is 29.0 Å². The van der Waals surface area contributed by atoms with Crippen LogP contribution in [-0.2, 0) is 5.60 Å². The first-order chi connectivity index (χ1) is 19.8. The zero-order chi connectivity index (χ0) is 31.8. The fourth-order valence-corrected chi connectivity index (χ4v) is 4.47. The minimum atomic E-state index is -1.38. The monoisotopic (exact) mass is 582 g/mol. The van der Waals surface area contributed by atoms with Crippen LogP contribution in [0.2, 0.25) is 0 Å². The molecular weight excluding hydrogens is 534 g/mol. The minimum absolute atomic E-state index is 0.154. The molecule has 0 spiro atoms. The summed E-state index contributed by atoms with van der Waals surface area (Å²) in [6.07, 6.45) is 6.59. The molecule has 230 valence electrons. The standard InChI is InChI=1S/C31H42F2N6O.C2H6/c1-10-18(4)27(25(11-2)34-12-3)28(21-13-14-21)30(36-26-15-19(5)37-38-26)35-20(6)39(9)29-23(32)16-22(17-24(29)33)31(7,8)40;1-2/h11-12,15-17,21,40H,10,13-14H2,1-9H3,(H2,36,37,38);1-2H3/b25-11-,27-18+,30-28+,34-12?,35-20+;. The van der Waals surface area contributed by atoms with E-state index in [0.29, 0.717) is 17.5 Å². The molecule has 1 aliphatic rings. The molecule has 1 aromatic heterocycles. The van der Waals surface area contributed by atoms with Crippen LogP contribution in [-0.4, -0.2) is 34.4 Å². The zero-order valence-corrected chi connectivity index (χ0v) is 27.1. The number of aromatic nitrogens is 2. The first kappa shape index (κ1) is 34.6. The van der Waals surface area contributed by atoms with E-state index in [4.69, 9.17) is 4.99 Å². The molecule has 0 radical (unpaired) electrons. The number of allylic oxidation sites excluding steroid dienone is 3. The van der Waals surface area contributed by atoms with Crippen molar-refractivity contribution in [2.45, 2.75) is 94.1 Å². The molecule has 1 saturated carbocycles. The Kier molecular flexibility index (Phi) is 12.4. The lowest BCUT2D eigenvalue weighted by Crippen LogP contribution is -2.27. The third kappa shape index (κ3) is 8.47. The van der Waals surface area contributed by atoms with Crippen molar-refractivity contribution >= 4 is 23.6 Å². The Bertz CT molecular complexity index is 1360. The van der Waals surface area contributed by atoms with Gasteiger partial charge in [-0.25, -0.2) is 13.8 Å². The molecule has 2 aromatic rings. The van der Waals surface area contributed by atoms with Crippen molar-refractivity contribution < 1.29 is 13.9 Å². The summed E-state index contributed by atoms with van der Waals surface area (Å²) < 4.78 is 30.5. The number of H-pyrrole nitrogens is 1. The van der Waals surface area contributed by atoms with Gasteiger partial charge < -0.3 is 15.3 Å². The maximum absolute atomic E-state index is 15.2. The van der Waals surface area contributed by atoms with E-state index in [1.54, 1.807) is 20.2 Å². The van der Waals surface area contributed by atoms with Gasteiger partial charge in [-0.15, -0.1) is 0 Å². The van der Waals surface area contributed by atoms with E-state index < -0.39 is 17.2 Å². The van der Waals surface area contributed by atoms with Crippen molar-refractivity contribution in [2.75, 3.05) is 17.3 Å². The first-order valence-electron chi connectivity index (χ1n) is 14.7. The Labute approximate surface area is 250 Å². The molecule has 1 aliphatic carbocycles. The van der Waals surface area contributed by atoms with E-state index in [1.807, 2.05) is 46.8 Å². The summed E-state index contributed by atoms with van der Waals surface area (Å²) in [6, 6.07) is 4.20. The largest absolute Gasteiger partial charge is 0.386 e. The van der Waals surface area contributed by atoms with Crippen LogP contribution >= 0.6 is 0 Å². The number of anilines is 2. The van der Waals surface area contributed by atoms with Gasteiger partial charge in [0.2, 0.25) is 0 Å². The Balaban J connectivity index is 0.00000301. The third-order valence-electron chi connectivity index (χ3n) is 7.04. The van der Waals surface area contributed by atoms with Gasteiger partial charge in [-0.1, -0.05) is 32.4 Å². The molecule has 0 unspecified atom stereocenters. The number of aliphatic hydroxyl groups is 1. The normalized spacial score (nSPS) is 15.7. The van der Waals surface area contributed by atoms with E-state index in [1.165, 1.54) is 24.3 Å². The topological polar surface area (TPSA) is 88.9 Å². The number of hydrogen-bond acceptors (Lipinski definition) is 5. The highest BCUT2D eigenvalue weighted by Gasteiger charge is 2.34. The lowest BCUT2D eigenvalue weighted by molar-refractivity contribution is 0.0779. The van der Waals surface area contributed by atoms with Gasteiger partial charge in [0, 0.05) is 36.2 Å². The fraction of sp³-hybridized carbons (Fsp3) is 0.485. The van der Waals surface area contributed by atoms with Gasteiger partial charge in [-0.05, 0) is 91.3 Å². The number of nitrogens with zero attached hydrogens (tertiary/aromatic N) is 4. The number of benzene rings is 1. The highest BCUT2D eigenvalue weighted by Crippen LogP contribution is 2.45. The van der Waals surface area contributed by atoms with Crippen LogP contribution in [0, 0.1) is 24.5 Å². The van der Waals surface area contributed by atoms with Gasteiger partial charge in [0.05, 0.1) is 11.3 Å². The molecule has 0 saturated heterocycles. The zero-order valence-electron chi connectivity index (χ0n) is 27.1. The molecule has 3 rings (SSSR count). The average Bonchev–Trinajstić information content (AvgIpc) is 3.70. The van der Waals surface area contributed by atoms with Gasteiger partial charge in [0.25, 0.3) is 0 Å². The minimum Gasteiger partial charge on any atom is -0.386 e. The maximum Gasteiger partial charge on any atom is 0.153 e. The summed E-state index contributed by atoms with van der Waals surface area (Å²) in [7, 11) is 1.57. The van der Waals surface area contributed by atoms with E-state index in [2.05, 4.69) is 34.4 Å². The smallest absolute Gasteiger partial charge is 0.153 e. The van der Waals surface area contributed by atoms with Crippen molar-refractivity contribution in [3.8, 4) is 0 Å². The van der Waals surface area contributed by atoms with E-state index >= 15 is 8.78 Å². The number of nitrogens with one attached hydrogen (secondary N) is 2. The summed E-state index contributed by atoms with van der Waals surface area (Å²) in [4.78, 5) is 11.0. The SMILES string of the molecule is CC.CC=NC(=C\C)/C(=C(/C)CC)C(=C(\N=C(/C)N(C)c1c(F)cc(C(C)(C)O)cc1F)Nc1cc(C)[nH]n1)/C1CC1. The predicted octanol–water partition coefficient (Wildman–Crippen LogP) is 8.56. The molecule has 0 atom stereocenters. The molecular formula is C33H48F2N6O. The summed E-state index contributed by atoms with van der Waals surface area (Å²) in [6.45, 7) is 18.7. The molecule has 1 fully saturated rings. The van der Waals surface area contributed by atoms with Crippen LogP contribution in [0.5, 0.6) is 0 Å². The molecule has 0 bridgehead atoms. The van der Waals surface area contributed by atoms with Crippen LogP contribution in [0.1, 0.15) is 92.8 Å². The van der Waals surface area contributed by atoms with Gasteiger partial charge in [-0.2, -0.15) is 5.10 Å². The maximum atomic E-state index is 15.2. The van der Waals surface area contributed by atoms with Crippen molar-refractivity contribution in [1.29, 1.82) is 0 Å². The van der Waals surface area contributed by atoms with Crippen LogP contribution in [0.25, 0.3) is 0 Å². The molecule has 0 aliphatic heterocycles. The Morgan fingerprint density at radius 1 is 1.17 bits per heavy atom. The van der Waals surface area contributed by atoms with Crippen LogP contribution in [0.3, 0.4) is 0 Å². The second-order valence-corrected chi connectivity index (χ2v) is 10.7. The second kappa shape index (κ2) is 15.0. The van der Waals surface area contributed by atoms with Gasteiger partial charge in [0.15, 0.2) is 5.82 Å². The lowest BCUT2D eigenvalue weighted by Gasteiger charge is -2.25. The lowest BCUT2D eigenvalue weighted by atomic mass is 9.92. The van der Waals surface area contributed by atoms with E-state index in [9.17, 15) is 5.11 Å². The molecule has 0 amide bonds. The molecule has 3 N–H and O–H groups in total. The first-order valence-corrected chi connectivity index (χ1v) is 14.7. The van der Waals surface area contributed by atoms with Crippen molar-refractivity contribution in [1.82, 2.24) is 10.2 Å². The Morgan fingerprint density at radius 2 is 1.76 bits per heavy atom. The molecule has 1 aromatic carbocycles. The van der Waals surface area contributed by atoms with Crippen LogP contribution in [0.4, 0.5) is 20.3 Å². The summed E-state index contributed by atoms with van der Waals surface area (Å²) in [5.41, 5.74) is 3.45. The number of rotatable bonds is 10. The number of aryl methyl sites for hydroxylation is 1. The molecule has 42 heavy (non-hydrogen) atoms. The number of aromatic amines is 1. The molecule has 7 nitrogen and oxygen atoms in total. The third-order valence-corrected chi connectivity index (χ3v) is 7.04. The van der Waals surface area contributed by atoms with Crippen molar-refractivity contribution in [2.24, 2.45) is 15.9 Å². The number of amidine groups is 1. The summed E-state index contributed by atoms with van der Waals surface area (Å²) in [5.74, 6) is 0.202. The molecule has 9 heteroatoms. The summed E-state index contributed by atoms with van der Waals surface area (Å²) in [5, 5.41) is 21.0. The second-order valence-electron chi connectivity index (χ2n) is 10.7. The predicted molar refractivity (Wildman–Crippen MR) is 172 cm³/mol. The molecule has 1 heterocycles. The number of aliphatic imine (C=N–C) groups is 2. The van der Waals surface area contributed by atoms with Crippen molar-refractivity contribution in [3.05, 3.63) is 75.4 Å². The number of halogens is 2. The highest BCUT2D eigenvalue weighted by molar-refractivity contribution is 5.96.